The molecule has 2 aliphatic heterocycles. The molecular weight excluding hydrogens is 975 g/mol. The molecule has 4 heterocycles. The van der Waals surface area contributed by atoms with Gasteiger partial charge in [0, 0.05) is 65.3 Å². The van der Waals surface area contributed by atoms with E-state index in [4.69, 9.17) is 18.9 Å². The van der Waals surface area contributed by atoms with E-state index in [-0.39, 0.29) is 59.6 Å². The Morgan fingerprint density at radius 1 is 0.603 bits per heavy atom. The number of methoxy groups -OCH3 is 2. The van der Waals surface area contributed by atoms with Gasteiger partial charge in [-0.3, -0.25) is 24.4 Å². The average molecular weight is 1040 g/mol. The van der Waals surface area contributed by atoms with Crippen LogP contribution in [-0.4, -0.2) is 123 Å². The molecule has 2 aromatic heterocycles. The second kappa shape index (κ2) is 21.6. The molecule has 386 valence electrons. The van der Waals surface area contributed by atoms with E-state index in [1.54, 1.807) is 52.0 Å². The summed E-state index contributed by atoms with van der Waals surface area (Å²) < 4.78 is 76.0. The number of likely N-dealkylation sites (N-methyl/N-ethyl adjacent to an activating group) is 1. The minimum atomic E-state index is -4.07. The van der Waals surface area contributed by atoms with Gasteiger partial charge in [0.2, 0.25) is 21.8 Å². The van der Waals surface area contributed by atoms with Crippen molar-refractivity contribution in [3.8, 4) is 11.5 Å². The highest BCUT2D eigenvalue weighted by molar-refractivity contribution is 7.91. The number of likely N-dealkylation sites (tertiary alicyclic amines) is 2. The van der Waals surface area contributed by atoms with E-state index in [1.165, 1.54) is 55.3 Å². The lowest BCUT2D eigenvalue weighted by Gasteiger charge is -2.51. The summed E-state index contributed by atoms with van der Waals surface area (Å²) in [5.41, 5.74) is 2.76. The average Bonchev–Trinajstić information content (AvgIpc) is 3.35. The Morgan fingerprint density at radius 2 is 1.01 bits per heavy atom. The monoisotopic (exact) mass is 1040 g/mol. The minimum Gasteiger partial charge on any atom is -0.489 e. The molecule has 17 nitrogen and oxygen atoms in total. The standard InChI is InChI=1S/C27H31N3O6S.C27H30N2O6S/c1-18(2)25(31)30-16-27(17-30,26(32)35-5)29(4)37(33,34)22-12-10-21(11-13-22)36-15-20-14-19(3)28-24-9-7-6-8-23(20)24;1-18(2)25(30)29-15-27(16-29,26(31)34-4)17-36(32,33)22-11-9-21(10-12-22)35-14-20-13-19(3)28-24-8-6-5-7-23(20)24/h6-14,18H,15-17H2,1-5H3;5-13,18H,14-17H2,1-4H3. The maximum absolute atomic E-state index is 13.4. The summed E-state index contributed by atoms with van der Waals surface area (Å²) in [6.07, 6.45) is 0. The van der Waals surface area contributed by atoms with Gasteiger partial charge in [0.1, 0.15) is 30.1 Å². The van der Waals surface area contributed by atoms with E-state index in [9.17, 15) is 36.0 Å². The molecule has 19 heteroatoms. The number of hydrogen-bond donors (Lipinski definition) is 0. The van der Waals surface area contributed by atoms with E-state index in [0.717, 1.165) is 48.6 Å². The van der Waals surface area contributed by atoms with E-state index < -0.39 is 48.5 Å². The molecule has 4 aromatic carbocycles. The van der Waals surface area contributed by atoms with E-state index in [0.29, 0.717) is 24.7 Å². The zero-order valence-electron chi connectivity index (χ0n) is 42.4. The molecule has 0 unspecified atom stereocenters. The Kier molecular flexibility index (Phi) is 16.0. The van der Waals surface area contributed by atoms with Gasteiger partial charge < -0.3 is 28.7 Å². The first kappa shape index (κ1) is 53.8. The van der Waals surface area contributed by atoms with Gasteiger partial charge in [0.25, 0.3) is 0 Å². The zero-order valence-corrected chi connectivity index (χ0v) is 44.1. The number of nitrogens with zero attached hydrogens (tertiary/aromatic N) is 5. The van der Waals surface area contributed by atoms with Crippen LogP contribution in [0.3, 0.4) is 0 Å². The van der Waals surface area contributed by atoms with Crippen molar-refractivity contribution >= 4 is 65.4 Å². The first-order valence-electron chi connectivity index (χ1n) is 23.7. The van der Waals surface area contributed by atoms with Crippen LogP contribution in [0.15, 0.2) is 119 Å². The first-order chi connectivity index (χ1) is 34.5. The van der Waals surface area contributed by atoms with E-state index in [2.05, 4.69) is 9.97 Å². The third-order valence-corrected chi connectivity index (χ3v) is 16.9. The molecule has 2 fully saturated rings. The van der Waals surface area contributed by atoms with Crippen LogP contribution in [0.4, 0.5) is 0 Å². The number of sulfonamides is 1. The summed E-state index contributed by atoms with van der Waals surface area (Å²) >= 11 is 0. The first-order valence-corrected chi connectivity index (χ1v) is 26.8. The van der Waals surface area contributed by atoms with Crippen LogP contribution in [0.2, 0.25) is 0 Å². The van der Waals surface area contributed by atoms with Crippen LogP contribution in [0, 0.1) is 31.1 Å². The number of benzene rings is 4. The Hall–Kier alpha value is -6.96. The van der Waals surface area contributed by atoms with Crippen LogP contribution in [0.5, 0.6) is 11.5 Å². The number of sulfone groups is 1. The normalized spacial score (nSPS) is 15.0. The Morgan fingerprint density at radius 3 is 1.44 bits per heavy atom. The molecule has 0 aliphatic carbocycles. The molecule has 6 aromatic rings. The number of hydrogen-bond acceptors (Lipinski definition) is 14. The maximum atomic E-state index is 13.4. The van der Waals surface area contributed by atoms with Gasteiger partial charge in [0.05, 0.1) is 53.9 Å². The minimum absolute atomic E-state index is 0.00414. The Balaban J connectivity index is 0.000000214. The van der Waals surface area contributed by atoms with Crippen LogP contribution < -0.4 is 9.47 Å². The third kappa shape index (κ3) is 11.3. The van der Waals surface area contributed by atoms with Crippen molar-refractivity contribution in [2.24, 2.45) is 17.3 Å². The largest absolute Gasteiger partial charge is 0.489 e. The second-order valence-corrected chi connectivity index (χ2v) is 23.1. The number of fused-ring (bicyclic) bond motifs is 2. The highest BCUT2D eigenvalue weighted by Gasteiger charge is 2.59. The number of carbonyl (C=O) groups is 4. The number of aromatic nitrogens is 2. The molecule has 0 atom stereocenters. The predicted octanol–water partition coefficient (Wildman–Crippen LogP) is 6.71. The van der Waals surface area contributed by atoms with Crippen molar-refractivity contribution < 1.29 is 55.0 Å². The number of esters is 2. The maximum Gasteiger partial charge on any atom is 0.331 e. The SMILES string of the molecule is COC(=O)C1(CS(=O)(=O)c2ccc(OCc3cc(C)nc4ccccc34)cc2)CN(C(=O)C(C)C)C1.COC(=O)C1(N(C)S(=O)(=O)c2ccc(OCc3cc(C)nc4ccccc34)cc2)CN(C(=O)C(C)C)C1. The molecule has 0 spiro atoms. The van der Waals surface area contributed by atoms with Gasteiger partial charge in [-0.15, -0.1) is 0 Å². The topological polar surface area (TPSA) is 209 Å². The molecule has 2 saturated heterocycles. The van der Waals surface area contributed by atoms with Gasteiger partial charge in [-0.05, 0) is 86.6 Å². The van der Waals surface area contributed by atoms with Gasteiger partial charge in [0.15, 0.2) is 15.4 Å². The molecule has 0 N–H and O–H groups in total. The molecule has 0 bridgehead atoms. The highest BCUT2D eigenvalue weighted by Crippen LogP contribution is 2.37. The number of aryl methyl sites for hydroxylation is 2. The van der Waals surface area contributed by atoms with Crippen LogP contribution in [-0.2, 0) is 61.7 Å². The number of carbonyl (C=O) groups excluding carboxylic acids is 4. The molecular formula is C54H61N5O12S2. The summed E-state index contributed by atoms with van der Waals surface area (Å²) in [7, 11) is -4.12. The van der Waals surface area contributed by atoms with Crippen LogP contribution in [0.1, 0.15) is 50.2 Å². The molecule has 8 rings (SSSR count). The summed E-state index contributed by atoms with van der Waals surface area (Å²) in [6, 6.07) is 31.8. The van der Waals surface area contributed by atoms with Crippen molar-refractivity contribution in [1.29, 1.82) is 0 Å². The van der Waals surface area contributed by atoms with Crippen molar-refractivity contribution in [3.63, 3.8) is 0 Å². The number of amides is 2. The fourth-order valence-corrected chi connectivity index (χ4v) is 12.3. The summed E-state index contributed by atoms with van der Waals surface area (Å²) in [6.45, 7) is 11.4. The highest BCUT2D eigenvalue weighted by atomic mass is 32.2. The van der Waals surface area contributed by atoms with Crippen molar-refractivity contribution in [2.45, 2.75) is 70.1 Å². The predicted molar refractivity (Wildman–Crippen MR) is 274 cm³/mol. The lowest BCUT2D eigenvalue weighted by atomic mass is 9.81. The number of rotatable bonds is 16. The van der Waals surface area contributed by atoms with Gasteiger partial charge >= 0.3 is 11.9 Å². The smallest absolute Gasteiger partial charge is 0.331 e. The molecule has 0 radical (unpaired) electrons. The molecule has 73 heavy (non-hydrogen) atoms. The van der Waals surface area contributed by atoms with Gasteiger partial charge in [-0.25, -0.2) is 21.6 Å². The number of ether oxygens (including phenoxy) is 4. The molecule has 2 aliphatic rings. The van der Waals surface area contributed by atoms with Crippen molar-refractivity contribution in [2.75, 3.05) is 53.2 Å². The Labute approximate surface area is 426 Å². The summed E-state index contributed by atoms with van der Waals surface area (Å²) in [4.78, 5) is 61.9. The Bertz CT molecular complexity index is 3260. The van der Waals surface area contributed by atoms with Crippen molar-refractivity contribution in [3.05, 3.63) is 132 Å². The quantitative estimate of drug-likeness (QED) is 0.0924. The van der Waals surface area contributed by atoms with E-state index >= 15 is 0 Å². The second-order valence-electron chi connectivity index (χ2n) is 19.1. The van der Waals surface area contributed by atoms with Crippen molar-refractivity contribution in [1.82, 2.24) is 24.1 Å². The summed E-state index contributed by atoms with van der Waals surface area (Å²) in [5, 5.41) is 1.99. The third-order valence-electron chi connectivity index (χ3n) is 13.1. The molecule has 2 amide bonds. The number of pyridine rings is 2. The van der Waals surface area contributed by atoms with Crippen LogP contribution >= 0.6 is 0 Å². The van der Waals surface area contributed by atoms with Crippen LogP contribution in [0.25, 0.3) is 21.8 Å². The zero-order chi connectivity index (χ0) is 53.0. The summed E-state index contributed by atoms with van der Waals surface area (Å²) in [5.74, 6) is -1.51. The molecule has 0 saturated carbocycles. The lowest BCUT2D eigenvalue weighted by molar-refractivity contribution is -0.169. The fourth-order valence-electron chi connectivity index (χ4n) is 9.09. The lowest BCUT2D eigenvalue weighted by Crippen LogP contribution is -2.75. The number of para-hydroxylation sites is 2. The van der Waals surface area contributed by atoms with E-state index in [1.807, 2.05) is 74.5 Å². The van der Waals surface area contributed by atoms with Gasteiger partial charge in [-0.1, -0.05) is 64.1 Å². The fraction of sp³-hybridized carbons (Fsp3) is 0.370. The van der Waals surface area contributed by atoms with Gasteiger partial charge in [-0.2, -0.15) is 4.31 Å².